The third-order valence-corrected chi connectivity index (χ3v) is 2.75. The molecule has 0 unspecified atom stereocenters. The molecule has 2 nitrogen and oxygen atoms in total. The zero-order chi connectivity index (χ0) is 10.0. The van der Waals surface area contributed by atoms with Crippen LogP contribution in [0.5, 0.6) is 0 Å². The Kier molecular flexibility index (Phi) is 3.59. The van der Waals surface area contributed by atoms with Crippen molar-refractivity contribution in [1.29, 1.82) is 0 Å². The van der Waals surface area contributed by atoms with E-state index in [-0.39, 0.29) is 11.7 Å². The van der Waals surface area contributed by atoms with E-state index in [2.05, 4.69) is 15.9 Å². The number of nitrogens with two attached hydrogens (primary N) is 1. The quantitative estimate of drug-likeness (QED) is 0.515. The second kappa shape index (κ2) is 4.31. The first-order valence-electron chi connectivity index (χ1n) is 3.40. The number of halogens is 3. The van der Waals surface area contributed by atoms with Gasteiger partial charge in [0.25, 0.3) is 0 Å². The molecule has 0 saturated carbocycles. The van der Waals surface area contributed by atoms with Crippen LogP contribution in [-0.4, -0.2) is 11.7 Å². The summed E-state index contributed by atoms with van der Waals surface area (Å²) >= 11 is 14.4. The fourth-order valence-corrected chi connectivity index (χ4v) is 1.74. The number of benzene rings is 1. The Hall–Kier alpha value is -0.250. The highest BCUT2D eigenvalue weighted by Gasteiger charge is 2.11. The van der Waals surface area contributed by atoms with E-state index in [0.717, 1.165) is 0 Å². The smallest absolute Gasteiger partial charge is 0.179 e. The first kappa shape index (κ1) is 10.8. The Balaban J connectivity index is 3.23. The first-order valence-corrected chi connectivity index (χ1v) is 5.10. The van der Waals surface area contributed by atoms with E-state index in [1.165, 1.54) is 6.07 Å². The third-order valence-electron chi connectivity index (χ3n) is 1.51. The molecule has 0 aliphatic carbocycles. The molecule has 2 N–H and O–H groups in total. The van der Waals surface area contributed by atoms with Crippen LogP contribution in [0, 0.1) is 0 Å². The van der Waals surface area contributed by atoms with E-state index >= 15 is 0 Å². The Bertz CT molecular complexity index is 354. The van der Waals surface area contributed by atoms with Crippen molar-refractivity contribution in [2.24, 2.45) is 0 Å². The standard InChI is InChI=1S/C8H6BrCl2NO/c9-5-2-6(11)4(1-7(5)12)8(13)3-10/h1-2H,3,12H2. The summed E-state index contributed by atoms with van der Waals surface area (Å²) in [6, 6.07) is 3.09. The van der Waals surface area contributed by atoms with E-state index in [1.807, 2.05) is 0 Å². The molecular weight excluding hydrogens is 277 g/mol. The molecule has 5 heteroatoms. The molecule has 1 aromatic rings. The van der Waals surface area contributed by atoms with Crippen LogP contribution in [-0.2, 0) is 0 Å². The summed E-state index contributed by atoms with van der Waals surface area (Å²) in [5.74, 6) is -0.327. The van der Waals surface area contributed by atoms with Gasteiger partial charge in [0.05, 0.1) is 10.9 Å². The zero-order valence-corrected chi connectivity index (χ0v) is 9.58. The molecule has 70 valence electrons. The van der Waals surface area contributed by atoms with E-state index in [0.29, 0.717) is 20.7 Å². The summed E-state index contributed by atoms with van der Waals surface area (Å²) in [7, 11) is 0. The molecule has 0 aliphatic rings. The van der Waals surface area contributed by atoms with Crippen LogP contribution < -0.4 is 5.73 Å². The summed E-state index contributed by atoms with van der Waals surface area (Å²) < 4.78 is 0.670. The maximum Gasteiger partial charge on any atom is 0.179 e. The molecular formula is C8H6BrCl2NO. The number of carbonyl (C=O) groups excluding carboxylic acids is 1. The molecule has 0 atom stereocenters. The van der Waals surface area contributed by atoms with Crippen LogP contribution >= 0.6 is 39.1 Å². The van der Waals surface area contributed by atoms with Crippen molar-refractivity contribution in [2.75, 3.05) is 11.6 Å². The second-order valence-corrected chi connectivity index (χ2v) is 3.94. The number of ketones is 1. The van der Waals surface area contributed by atoms with Crippen molar-refractivity contribution in [1.82, 2.24) is 0 Å². The lowest BCUT2D eigenvalue weighted by Gasteiger charge is -2.04. The summed E-state index contributed by atoms with van der Waals surface area (Å²) in [6.07, 6.45) is 0. The molecule has 0 saturated heterocycles. The molecule has 1 rings (SSSR count). The van der Waals surface area contributed by atoms with Gasteiger partial charge < -0.3 is 5.73 Å². The second-order valence-electron chi connectivity index (χ2n) is 2.41. The normalized spacial score (nSPS) is 10.1. The average Bonchev–Trinajstić information content (AvgIpc) is 2.10. The van der Waals surface area contributed by atoms with Crippen molar-refractivity contribution < 1.29 is 4.79 Å². The molecule has 13 heavy (non-hydrogen) atoms. The molecule has 0 bridgehead atoms. The summed E-state index contributed by atoms with van der Waals surface area (Å²) in [5, 5.41) is 0.353. The minimum absolute atomic E-state index is 0.0964. The Morgan fingerprint density at radius 2 is 2.15 bits per heavy atom. The average molecular weight is 283 g/mol. The predicted octanol–water partition coefficient (Wildman–Crippen LogP) is 3.11. The minimum Gasteiger partial charge on any atom is -0.398 e. The van der Waals surface area contributed by atoms with Gasteiger partial charge in [0.2, 0.25) is 0 Å². The molecule has 0 radical (unpaired) electrons. The number of alkyl halides is 1. The van der Waals surface area contributed by atoms with Crippen molar-refractivity contribution in [3.05, 3.63) is 27.2 Å². The third kappa shape index (κ3) is 2.36. The van der Waals surface area contributed by atoms with Crippen molar-refractivity contribution in [3.63, 3.8) is 0 Å². The monoisotopic (exact) mass is 281 g/mol. The molecule has 0 aromatic heterocycles. The lowest BCUT2D eigenvalue weighted by atomic mass is 10.1. The van der Waals surface area contributed by atoms with Crippen LogP contribution in [0.3, 0.4) is 0 Å². The summed E-state index contributed by atoms with van der Waals surface area (Å²) in [6.45, 7) is 0. The van der Waals surface area contributed by atoms with Crippen LogP contribution in [0.4, 0.5) is 5.69 Å². The highest BCUT2D eigenvalue weighted by Crippen LogP contribution is 2.27. The number of anilines is 1. The van der Waals surface area contributed by atoms with Gasteiger partial charge in [0.1, 0.15) is 0 Å². The van der Waals surface area contributed by atoms with Gasteiger partial charge in [0, 0.05) is 15.7 Å². The predicted molar refractivity (Wildman–Crippen MR) is 58.6 cm³/mol. The lowest BCUT2D eigenvalue weighted by molar-refractivity contribution is 0.102. The zero-order valence-electron chi connectivity index (χ0n) is 6.48. The van der Waals surface area contributed by atoms with Crippen molar-refractivity contribution in [3.8, 4) is 0 Å². The Morgan fingerprint density at radius 1 is 1.54 bits per heavy atom. The molecule has 0 aliphatic heterocycles. The molecule has 0 fully saturated rings. The van der Waals surface area contributed by atoms with E-state index in [9.17, 15) is 4.79 Å². The van der Waals surface area contributed by atoms with Crippen LogP contribution in [0.1, 0.15) is 10.4 Å². The van der Waals surface area contributed by atoms with Gasteiger partial charge in [-0.3, -0.25) is 4.79 Å². The number of nitrogen functional groups attached to an aromatic ring is 1. The fraction of sp³-hybridized carbons (Fsp3) is 0.125. The molecule has 0 heterocycles. The highest BCUT2D eigenvalue weighted by atomic mass is 79.9. The topological polar surface area (TPSA) is 43.1 Å². The fourth-order valence-electron chi connectivity index (χ4n) is 0.851. The van der Waals surface area contributed by atoms with Crippen molar-refractivity contribution >= 4 is 50.6 Å². The van der Waals surface area contributed by atoms with E-state index in [1.54, 1.807) is 6.07 Å². The van der Waals surface area contributed by atoms with Gasteiger partial charge >= 0.3 is 0 Å². The van der Waals surface area contributed by atoms with Gasteiger partial charge in [-0.25, -0.2) is 0 Å². The number of carbonyl (C=O) groups is 1. The van der Waals surface area contributed by atoms with Gasteiger partial charge in [-0.2, -0.15) is 0 Å². The summed E-state index contributed by atoms with van der Waals surface area (Å²) in [5.41, 5.74) is 6.41. The summed E-state index contributed by atoms with van der Waals surface area (Å²) in [4.78, 5) is 11.2. The first-order chi connectivity index (χ1) is 6.06. The van der Waals surface area contributed by atoms with Crippen LogP contribution in [0.2, 0.25) is 5.02 Å². The van der Waals surface area contributed by atoms with Gasteiger partial charge in [-0.1, -0.05) is 11.6 Å². The molecule has 0 amide bonds. The van der Waals surface area contributed by atoms with Crippen molar-refractivity contribution in [2.45, 2.75) is 0 Å². The maximum atomic E-state index is 11.2. The molecule has 1 aromatic carbocycles. The number of hydrogen-bond donors (Lipinski definition) is 1. The van der Waals surface area contributed by atoms with E-state index in [4.69, 9.17) is 28.9 Å². The number of Topliss-reactive ketones (excluding diaryl/α,β-unsaturated/α-hetero) is 1. The van der Waals surface area contributed by atoms with Gasteiger partial charge in [0.15, 0.2) is 5.78 Å². The largest absolute Gasteiger partial charge is 0.398 e. The maximum absolute atomic E-state index is 11.2. The van der Waals surface area contributed by atoms with Crippen LogP contribution in [0.15, 0.2) is 16.6 Å². The highest BCUT2D eigenvalue weighted by molar-refractivity contribution is 9.10. The van der Waals surface area contributed by atoms with Gasteiger partial charge in [-0.15, -0.1) is 11.6 Å². The lowest BCUT2D eigenvalue weighted by Crippen LogP contribution is -2.02. The Labute approximate surface area is 94.1 Å². The molecule has 0 spiro atoms. The number of rotatable bonds is 2. The van der Waals surface area contributed by atoms with E-state index < -0.39 is 0 Å². The Morgan fingerprint density at radius 3 is 2.69 bits per heavy atom. The number of hydrogen-bond acceptors (Lipinski definition) is 2. The minimum atomic E-state index is -0.231. The van der Waals surface area contributed by atoms with Crippen LogP contribution in [0.25, 0.3) is 0 Å². The SMILES string of the molecule is Nc1cc(C(=O)CCl)c(Cl)cc1Br. The van der Waals surface area contributed by atoms with Gasteiger partial charge in [-0.05, 0) is 28.1 Å².